The van der Waals surface area contributed by atoms with Crippen LogP contribution >= 0.6 is 0 Å². The van der Waals surface area contributed by atoms with Crippen LogP contribution in [0, 0.1) is 5.92 Å². The molecule has 0 aliphatic carbocycles. The predicted octanol–water partition coefficient (Wildman–Crippen LogP) is 0.713. The van der Waals surface area contributed by atoms with E-state index >= 15 is 0 Å². The molecule has 0 aliphatic heterocycles. The minimum Gasteiger partial charge on any atom is -0.225 e. The number of benzene rings is 1. The number of rotatable bonds is 4. The lowest BCUT2D eigenvalue weighted by Gasteiger charge is -2.12. The van der Waals surface area contributed by atoms with Gasteiger partial charge in [0.15, 0.2) is 0 Å². The first-order chi connectivity index (χ1) is 8.89. The van der Waals surface area contributed by atoms with E-state index in [9.17, 15) is 8.42 Å². The number of tetrazole rings is 1. The van der Waals surface area contributed by atoms with E-state index in [4.69, 9.17) is 5.14 Å². The Morgan fingerprint density at radius 2 is 2.11 bits per heavy atom. The van der Waals surface area contributed by atoms with Crippen molar-refractivity contribution in [3.63, 3.8) is 0 Å². The molecule has 102 valence electrons. The second-order valence-electron chi connectivity index (χ2n) is 4.67. The number of nitrogens with two attached hydrogens (primary N) is 1. The van der Waals surface area contributed by atoms with Gasteiger partial charge in [0.05, 0.1) is 4.90 Å². The second kappa shape index (κ2) is 5.06. The maximum atomic E-state index is 11.7. The lowest BCUT2D eigenvalue weighted by molar-refractivity contribution is 0.597. The maximum Gasteiger partial charge on any atom is 0.238 e. The van der Waals surface area contributed by atoms with Gasteiger partial charge >= 0.3 is 0 Å². The number of nitrogens with zero attached hydrogens (tertiary/aromatic N) is 3. The van der Waals surface area contributed by atoms with Crippen molar-refractivity contribution >= 4 is 10.0 Å². The molecule has 1 aromatic heterocycles. The molecule has 2 aromatic rings. The molecule has 3 N–H and O–H groups in total. The van der Waals surface area contributed by atoms with E-state index in [0.717, 1.165) is 5.56 Å². The summed E-state index contributed by atoms with van der Waals surface area (Å²) in [5.41, 5.74) is 1.26. The summed E-state index contributed by atoms with van der Waals surface area (Å²) in [6.45, 7) is 4.09. The largest absolute Gasteiger partial charge is 0.238 e. The van der Waals surface area contributed by atoms with E-state index in [-0.39, 0.29) is 10.7 Å². The van der Waals surface area contributed by atoms with E-state index in [1.165, 1.54) is 6.07 Å². The molecule has 19 heavy (non-hydrogen) atoms. The molecule has 1 aromatic carbocycles. The van der Waals surface area contributed by atoms with Crippen LogP contribution in [-0.4, -0.2) is 29.0 Å². The molecular formula is C11H15N5O2S. The molecule has 8 heteroatoms. The van der Waals surface area contributed by atoms with Crippen LogP contribution in [0.1, 0.15) is 19.4 Å². The van der Waals surface area contributed by atoms with Crippen LogP contribution in [0.4, 0.5) is 0 Å². The number of nitrogens with one attached hydrogen (secondary N) is 1. The standard InChI is InChI=1S/C11H15N5O2S/c1-7(2)6-8-4-3-5-9(19(12,17)18)10(8)11-13-15-16-14-11/h3-5,7H,6H2,1-2H3,(H2,12,17,18)(H,13,14,15,16). The maximum absolute atomic E-state index is 11.7. The minimum atomic E-state index is -3.84. The van der Waals surface area contributed by atoms with Gasteiger partial charge in [-0.3, -0.25) is 0 Å². The highest BCUT2D eigenvalue weighted by molar-refractivity contribution is 7.89. The van der Waals surface area contributed by atoms with Crippen molar-refractivity contribution in [2.45, 2.75) is 25.2 Å². The molecule has 0 aliphatic rings. The molecule has 0 fully saturated rings. The zero-order valence-corrected chi connectivity index (χ0v) is 11.5. The Balaban J connectivity index is 2.70. The number of hydrogen-bond acceptors (Lipinski definition) is 5. The second-order valence-corrected chi connectivity index (χ2v) is 6.20. The van der Waals surface area contributed by atoms with Crippen LogP contribution in [-0.2, 0) is 16.4 Å². The molecule has 0 amide bonds. The summed E-state index contributed by atoms with van der Waals surface area (Å²) in [6.07, 6.45) is 0.702. The van der Waals surface area contributed by atoms with E-state index in [0.29, 0.717) is 17.9 Å². The first-order valence-corrected chi connectivity index (χ1v) is 7.32. The van der Waals surface area contributed by atoms with Crippen molar-refractivity contribution in [1.29, 1.82) is 0 Å². The van der Waals surface area contributed by atoms with Crippen LogP contribution in [0.2, 0.25) is 0 Å². The van der Waals surface area contributed by atoms with Crippen LogP contribution in [0.15, 0.2) is 23.1 Å². The smallest absolute Gasteiger partial charge is 0.225 e. The lowest BCUT2D eigenvalue weighted by atomic mass is 9.97. The molecule has 0 atom stereocenters. The number of aromatic nitrogens is 4. The predicted molar refractivity (Wildman–Crippen MR) is 69.5 cm³/mol. The molecule has 0 saturated carbocycles. The zero-order chi connectivity index (χ0) is 14.0. The van der Waals surface area contributed by atoms with Gasteiger partial charge in [-0.05, 0) is 29.2 Å². The summed E-state index contributed by atoms with van der Waals surface area (Å²) in [7, 11) is -3.84. The van der Waals surface area contributed by atoms with Gasteiger partial charge < -0.3 is 0 Å². The number of H-pyrrole nitrogens is 1. The quantitative estimate of drug-likeness (QED) is 0.856. The Bertz CT molecular complexity index is 664. The van der Waals surface area contributed by atoms with Gasteiger partial charge in [-0.1, -0.05) is 26.0 Å². The molecule has 2 rings (SSSR count). The van der Waals surface area contributed by atoms with Crippen LogP contribution in [0.25, 0.3) is 11.4 Å². The SMILES string of the molecule is CC(C)Cc1cccc(S(N)(=O)=O)c1-c1nn[nH]n1. The highest BCUT2D eigenvalue weighted by Gasteiger charge is 2.21. The van der Waals surface area contributed by atoms with Gasteiger partial charge in [0, 0.05) is 5.56 Å². The van der Waals surface area contributed by atoms with Crippen LogP contribution < -0.4 is 5.14 Å². The minimum absolute atomic E-state index is 0.0204. The molecule has 0 saturated heterocycles. The van der Waals surface area contributed by atoms with Crippen LogP contribution in [0.3, 0.4) is 0 Å². The fourth-order valence-electron chi connectivity index (χ4n) is 1.95. The molecule has 0 radical (unpaired) electrons. The summed E-state index contributed by atoms with van der Waals surface area (Å²) in [4.78, 5) is 0.0204. The third-order valence-electron chi connectivity index (χ3n) is 2.62. The molecule has 0 spiro atoms. The third kappa shape index (κ3) is 2.96. The Morgan fingerprint density at radius 3 is 2.63 bits per heavy atom. The van der Waals surface area contributed by atoms with Crippen molar-refractivity contribution < 1.29 is 8.42 Å². The van der Waals surface area contributed by atoms with Crippen LogP contribution in [0.5, 0.6) is 0 Å². The molecule has 0 bridgehead atoms. The van der Waals surface area contributed by atoms with E-state index < -0.39 is 10.0 Å². The third-order valence-corrected chi connectivity index (χ3v) is 3.57. The average molecular weight is 281 g/mol. The molecular weight excluding hydrogens is 266 g/mol. The van der Waals surface area contributed by atoms with Crippen molar-refractivity contribution in [3.05, 3.63) is 23.8 Å². The highest BCUT2D eigenvalue weighted by atomic mass is 32.2. The number of primary sulfonamides is 1. The Morgan fingerprint density at radius 1 is 1.37 bits per heavy atom. The van der Waals surface area contributed by atoms with Gasteiger partial charge in [0.25, 0.3) is 0 Å². The zero-order valence-electron chi connectivity index (χ0n) is 10.7. The summed E-state index contributed by atoms with van der Waals surface area (Å²) in [5, 5.41) is 18.8. The van der Waals surface area contributed by atoms with E-state index in [1.54, 1.807) is 6.07 Å². The van der Waals surface area contributed by atoms with Gasteiger partial charge in [0.1, 0.15) is 0 Å². The Labute approximate surface area is 111 Å². The van der Waals surface area contributed by atoms with E-state index in [1.807, 2.05) is 19.9 Å². The fourth-order valence-corrected chi connectivity index (χ4v) is 2.72. The fraction of sp³-hybridized carbons (Fsp3) is 0.364. The van der Waals surface area contributed by atoms with Crippen molar-refractivity contribution in [2.75, 3.05) is 0 Å². The Kier molecular flexibility index (Phi) is 3.63. The number of hydrogen-bond donors (Lipinski definition) is 2. The topological polar surface area (TPSA) is 115 Å². The first kappa shape index (κ1) is 13.6. The van der Waals surface area contributed by atoms with Gasteiger partial charge in [-0.15, -0.1) is 10.2 Å². The molecule has 7 nitrogen and oxygen atoms in total. The highest BCUT2D eigenvalue weighted by Crippen LogP contribution is 2.28. The summed E-state index contributed by atoms with van der Waals surface area (Å²) in [6, 6.07) is 4.96. The molecule has 0 unspecified atom stereocenters. The Hall–Kier alpha value is -1.80. The summed E-state index contributed by atoms with van der Waals surface area (Å²) >= 11 is 0. The summed E-state index contributed by atoms with van der Waals surface area (Å²) in [5.74, 6) is 0.599. The number of sulfonamides is 1. The normalized spacial score (nSPS) is 12.0. The monoisotopic (exact) mass is 281 g/mol. The van der Waals surface area contributed by atoms with Gasteiger partial charge in [-0.2, -0.15) is 5.21 Å². The number of aromatic amines is 1. The first-order valence-electron chi connectivity index (χ1n) is 5.78. The van der Waals surface area contributed by atoms with Crippen molar-refractivity contribution in [2.24, 2.45) is 11.1 Å². The van der Waals surface area contributed by atoms with Crippen molar-refractivity contribution in [3.8, 4) is 11.4 Å². The molecule has 1 heterocycles. The lowest BCUT2D eigenvalue weighted by Crippen LogP contribution is -2.15. The van der Waals surface area contributed by atoms with Gasteiger partial charge in [0.2, 0.25) is 15.8 Å². The summed E-state index contributed by atoms with van der Waals surface area (Å²) < 4.78 is 23.4. The van der Waals surface area contributed by atoms with Gasteiger partial charge in [-0.25, -0.2) is 13.6 Å². The van der Waals surface area contributed by atoms with E-state index in [2.05, 4.69) is 20.6 Å². The van der Waals surface area contributed by atoms with Crippen molar-refractivity contribution in [1.82, 2.24) is 20.6 Å². The average Bonchev–Trinajstić information content (AvgIpc) is 2.80.